The number of furan rings is 1. The van der Waals surface area contributed by atoms with Gasteiger partial charge in [-0.15, -0.1) is 0 Å². The molecule has 23 heavy (non-hydrogen) atoms. The first kappa shape index (κ1) is 13.8. The van der Waals surface area contributed by atoms with Crippen LogP contribution in [0.5, 0.6) is 0 Å². The summed E-state index contributed by atoms with van der Waals surface area (Å²) in [6.07, 6.45) is 1.56. The average Bonchev–Trinajstić information content (AvgIpc) is 2.99. The van der Waals surface area contributed by atoms with Crippen LogP contribution in [0.4, 0.5) is 0 Å². The molecule has 0 spiro atoms. The number of nitriles is 1. The van der Waals surface area contributed by atoms with Crippen molar-refractivity contribution in [3.63, 3.8) is 0 Å². The Morgan fingerprint density at radius 3 is 2.78 bits per heavy atom. The monoisotopic (exact) mass is 317 g/mol. The Morgan fingerprint density at radius 1 is 1.04 bits per heavy atom. The SMILES string of the molecule is N#Cc1ccccc1CSc1ncnc2c1oc1ccccc12. The smallest absolute Gasteiger partial charge is 0.186 e. The second kappa shape index (κ2) is 5.75. The molecular formula is C18H11N3OS. The third-order valence-corrected chi connectivity index (χ3v) is 4.65. The van der Waals surface area contributed by atoms with E-state index in [-0.39, 0.29) is 0 Å². The first-order valence-electron chi connectivity index (χ1n) is 7.10. The number of aromatic nitrogens is 2. The summed E-state index contributed by atoms with van der Waals surface area (Å²) in [5, 5.41) is 11.0. The van der Waals surface area contributed by atoms with Gasteiger partial charge in [-0.2, -0.15) is 5.26 Å². The Morgan fingerprint density at radius 2 is 1.87 bits per heavy atom. The summed E-state index contributed by atoms with van der Waals surface area (Å²) in [4.78, 5) is 8.70. The van der Waals surface area contributed by atoms with E-state index in [0.29, 0.717) is 16.9 Å². The van der Waals surface area contributed by atoms with E-state index in [9.17, 15) is 5.26 Å². The van der Waals surface area contributed by atoms with Gasteiger partial charge < -0.3 is 4.42 Å². The maximum absolute atomic E-state index is 9.18. The van der Waals surface area contributed by atoms with Gasteiger partial charge in [-0.1, -0.05) is 42.1 Å². The van der Waals surface area contributed by atoms with E-state index in [0.717, 1.165) is 27.1 Å². The van der Waals surface area contributed by atoms with Gasteiger partial charge in [0.05, 0.1) is 11.6 Å². The molecule has 0 aliphatic rings. The number of rotatable bonds is 3. The molecule has 4 aromatic rings. The van der Waals surface area contributed by atoms with Crippen LogP contribution in [0, 0.1) is 11.3 Å². The molecular weight excluding hydrogens is 306 g/mol. The van der Waals surface area contributed by atoms with E-state index < -0.39 is 0 Å². The topological polar surface area (TPSA) is 62.7 Å². The standard InChI is InChI=1S/C18H11N3OS/c19-9-12-5-1-2-6-13(12)10-23-18-17-16(20-11-21-18)14-7-3-4-8-15(14)22-17/h1-8,11H,10H2. The number of hydrogen-bond donors (Lipinski definition) is 0. The van der Waals surface area contributed by atoms with Crippen molar-refractivity contribution in [2.45, 2.75) is 10.8 Å². The lowest BCUT2D eigenvalue weighted by Crippen LogP contribution is -1.89. The minimum atomic E-state index is 0.660. The largest absolute Gasteiger partial charge is 0.451 e. The van der Waals surface area contributed by atoms with Crippen LogP contribution in [0.1, 0.15) is 11.1 Å². The van der Waals surface area contributed by atoms with Gasteiger partial charge in [-0.05, 0) is 23.8 Å². The minimum Gasteiger partial charge on any atom is -0.451 e. The zero-order valence-corrected chi connectivity index (χ0v) is 12.9. The summed E-state index contributed by atoms with van der Waals surface area (Å²) in [5.74, 6) is 0.660. The summed E-state index contributed by atoms with van der Waals surface area (Å²) >= 11 is 1.55. The zero-order chi connectivity index (χ0) is 15.6. The Kier molecular flexibility index (Phi) is 3.45. The molecule has 0 fully saturated rings. The van der Waals surface area contributed by atoms with Crippen LogP contribution < -0.4 is 0 Å². The maximum atomic E-state index is 9.18. The highest BCUT2D eigenvalue weighted by Crippen LogP contribution is 2.33. The van der Waals surface area contributed by atoms with Crippen LogP contribution in [0.25, 0.3) is 22.1 Å². The van der Waals surface area contributed by atoms with Crippen molar-refractivity contribution >= 4 is 33.8 Å². The number of para-hydroxylation sites is 1. The van der Waals surface area contributed by atoms with Gasteiger partial charge in [0.2, 0.25) is 0 Å². The molecule has 0 aliphatic heterocycles. The fourth-order valence-corrected chi connectivity index (χ4v) is 3.44. The van der Waals surface area contributed by atoms with E-state index in [1.165, 1.54) is 0 Å². The molecule has 4 rings (SSSR count). The summed E-state index contributed by atoms with van der Waals surface area (Å²) in [6.45, 7) is 0. The van der Waals surface area contributed by atoms with Gasteiger partial charge in [0.15, 0.2) is 5.58 Å². The third kappa shape index (κ3) is 2.43. The molecule has 110 valence electrons. The first-order chi connectivity index (χ1) is 11.4. The predicted molar refractivity (Wildman–Crippen MR) is 90.0 cm³/mol. The van der Waals surface area contributed by atoms with E-state index in [1.54, 1.807) is 18.1 Å². The lowest BCUT2D eigenvalue weighted by molar-refractivity contribution is 0.653. The van der Waals surface area contributed by atoms with Crippen molar-refractivity contribution in [3.05, 3.63) is 66.0 Å². The Balaban J connectivity index is 1.73. The molecule has 0 N–H and O–H groups in total. The summed E-state index contributed by atoms with van der Waals surface area (Å²) in [5.41, 5.74) is 4.01. The van der Waals surface area contributed by atoms with E-state index >= 15 is 0 Å². The van der Waals surface area contributed by atoms with Crippen LogP contribution in [-0.2, 0) is 5.75 Å². The zero-order valence-electron chi connectivity index (χ0n) is 12.1. The number of benzene rings is 2. The van der Waals surface area contributed by atoms with Crippen molar-refractivity contribution < 1.29 is 4.42 Å². The summed E-state index contributed by atoms with van der Waals surface area (Å²) < 4.78 is 5.92. The maximum Gasteiger partial charge on any atom is 0.186 e. The van der Waals surface area contributed by atoms with Crippen molar-refractivity contribution in [2.75, 3.05) is 0 Å². The second-order valence-electron chi connectivity index (χ2n) is 5.01. The number of hydrogen-bond acceptors (Lipinski definition) is 5. The molecule has 0 unspecified atom stereocenters. The highest BCUT2D eigenvalue weighted by molar-refractivity contribution is 7.98. The average molecular weight is 317 g/mol. The number of nitrogens with zero attached hydrogens (tertiary/aromatic N) is 3. The predicted octanol–water partition coefficient (Wildman–Crippen LogP) is 4.54. The Labute approximate surface area is 136 Å². The van der Waals surface area contributed by atoms with Gasteiger partial charge in [0, 0.05) is 11.1 Å². The molecule has 0 saturated carbocycles. The van der Waals surface area contributed by atoms with Gasteiger partial charge in [0.1, 0.15) is 22.5 Å². The van der Waals surface area contributed by atoms with Crippen LogP contribution in [0.3, 0.4) is 0 Å². The summed E-state index contributed by atoms with van der Waals surface area (Å²) in [6, 6.07) is 17.6. The lowest BCUT2D eigenvalue weighted by Gasteiger charge is -2.03. The second-order valence-corrected chi connectivity index (χ2v) is 5.98. The van der Waals surface area contributed by atoms with Gasteiger partial charge in [0.25, 0.3) is 0 Å². The molecule has 0 aliphatic carbocycles. The molecule has 0 radical (unpaired) electrons. The van der Waals surface area contributed by atoms with Crippen LogP contribution in [0.2, 0.25) is 0 Å². The molecule has 5 heteroatoms. The highest BCUT2D eigenvalue weighted by atomic mass is 32.2. The molecule has 2 aromatic heterocycles. The molecule has 0 saturated heterocycles. The van der Waals surface area contributed by atoms with E-state index in [4.69, 9.17) is 4.42 Å². The van der Waals surface area contributed by atoms with Crippen molar-refractivity contribution in [3.8, 4) is 6.07 Å². The minimum absolute atomic E-state index is 0.660. The van der Waals surface area contributed by atoms with E-state index in [1.807, 2.05) is 48.5 Å². The summed E-state index contributed by atoms with van der Waals surface area (Å²) in [7, 11) is 0. The molecule has 4 nitrogen and oxygen atoms in total. The fourth-order valence-electron chi connectivity index (χ4n) is 2.51. The molecule has 2 aromatic carbocycles. The fraction of sp³-hybridized carbons (Fsp3) is 0.0556. The Hall–Kier alpha value is -2.84. The molecule has 0 amide bonds. The van der Waals surface area contributed by atoms with Gasteiger partial charge in [-0.25, -0.2) is 9.97 Å². The van der Waals surface area contributed by atoms with Crippen LogP contribution in [-0.4, -0.2) is 9.97 Å². The van der Waals surface area contributed by atoms with E-state index in [2.05, 4.69) is 16.0 Å². The normalized spacial score (nSPS) is 10.9. The van der Waals surface area contributed by atoms with Gasteiger partial charge in [-0.3, -0.25) is 0 Å². The quantitative estimate of drug-likeness (QED) is 0.410. The highest BCUT2D eigenvalue weighted by Gasteiger charge is 2.13. The first-order valence-corrected chi connectivity index (χ1v) is 8.08. The van der Waals surface area contributed by atoms with Crippen molar-refractivity contribution in [1.82, 2.24) is 9.97 Å². The lowest BCUT2D eigenvalue weighted by atomic mass is 10.1. The van der Waals surface area contributed by atoms with Crippen LogP contribution in [0.15, 0.2) is 64.3 Å². The molecule has 2 heterocycles. The third-order valence-electron chi connectivity index (χ3n) is 3.63. The number of fused-ring (bicyclic) bond motifs is 3. The molecule has 0 atom stereocenters. The van der Waals surface area contributed by atoms with Crippen molar-refractivity contribution in [1.29, 1.82) is 5.26 Å². The number of thioether (sulfide) groups is 1. The van der Waals surface area contributed by atoms with Gasteiger partial charge >= 0.3 is 0 Å². The molecule has 0 bridgehead atoms. The Bertz CT molecular complexity index is 1050. The van der Waals surface area contributed by atoms with Crippen molar-refractivity contribution in [2.24, 2.45) is 0 Å². The van der Waals surface area contributed by atoms with Crippen LogP contribution >= 0.6 is 11.8 Å².